The highest BCUT2D eigenvalue weighted by Crippen LogP contribution is 2.40. The highest BCUT2D eigenvalue weighted by Gasteiger charge is 2.41. The first kappa shape index (κ1) is 14.4. The van der Waals surface area contributed by atoms with Gasteiger partial charge in [-0.15, -0.1) is 0 Å². The van der Waals surface area contributed by atoms with Gasteiger partial charge in [-0.05, 0) is 43.6 Å². The van der Waals surface area contributed by atoms with Gasteiger partial charge in [-0.3, -0.25) is 4.79 Å². The van der Waals surface area contributed by atoms with Crippen LogP contribution in [0.3, 0.4) is 0 Å². The van der Waals surface area contributed by atoms with E-state index in [0.29, 0.717) is 5.78 Å². The van der Waals surface area contributed by atoms with E-state index < -0.39 is 0 Å². The van der Waals surface area contributed by atoms with Crippen molar-refractivity contribution >= 4 is 17.5 Å². The number of Topliss-reactive ketones (excluding diaryl/α,β-unsaturated/α-hetero) is 1. The van der Waals surface area contributed by atoms with E-state index in [9.17, 15) is 4.79 Å². The first-order chi connectivity index (χ1) is 8.71. The Hall–Kier alpha value is -0.0600. The molecule has 18 heavy (non-hydrogen) atoms. The Bertz CT molecular complexity index is 277. The zero-order valence-electron chi connectivity index (χ0n) is 11.4. The molecule has 0 saturated carbocycles. The van der Waals surface area contributed by atoms with Gasteiger partial charge in [-0.2, -0.15) is 11.8 Å². The minimum atomic E-state index is -0.219. The van der Waals surface area contributed by atoms with Gasteiger partial charge >= 0.3 is 0 Å². The molecule has 2 atom stereocenters. The summed E-state index contributed by atoms with van der Waals surface area (Å²) in [7, 11) is 1.64. The summed E-state index contributed by atoms with van der Waals surface area (Å²) in [5, 5.41) is 0. The summed E-state index contributed by atoms with van der Waals surface area (Å²) in [5.41, 5.74) is -0.00411. The van der Waals surface area contributed by atoms with Gasteiger partial charge in [0.25, 0.3) is 0 Å². The van der Waals surface area contributed by atoms with Crippen LogP contribution < -0.4 is 0 Å². The molecule has 0 aromatic carbocycles. The monoisotopic (exact) mass is 272 g/mol. The van der Waals surface area contributed by atoms with Crippen LogP contribution in [-0.2, 0) is 14.3 Å². The van der Waals surface area contributed by atoms with Gasteiger partial charge in [0.1, 0.15) is 6.10 Å². The van der Waals surface area contributed by atoms with Crippen molar-refractivity contribution < 1.29 is 14.3 Å². The molecule has 0 amide bonds. The molecule has 0 bridgehead atoms. The SMILES string of the molecule is CCC(OC)C(=O)C1CCOC2(CCSCC2)C1. The minimum Gasteiger partial charge on any atom is -0.375 e. The Balaban J connectivity index is 1.99. The summed E-state index contributed by atoms with van der Waals surface area (Å²) < 4.78 is 11.3. The largest absolute Gasteiger partial charge is 0.375 e. The van der Waals surface area contributed by atoms with Crippen LogP contribution in [0.2, 0.25) is 0 Å². The quantitative estimate of drug-likeness (QED) is 0.788. The Morgan fingerprint density at radius 1 is 1.50 bits per heavy atom. The number of carbonyl (C=O) groups excluding carboxylic acids is 1. The molecule has 2 aliphatic rings. The maximum absolute atomic E-state index is 12.4. The number of hydrogen-bond acceptors (Lipinski definition) is 4. The van der Waals surface area contributed by atoms with E-state index in [0.717, 1.165) is 38.7 Å². The predicted octanol–water partition coefficient (Wildman–Crippen LogP) is 2.67. The molecular formula is C14H24O3S. The fraction of sp³-hybridized carbons (Fsp3) is 0.929. The lowest BCUT2D eigenvalue weighted by Gasteiger charge is -2.43. The zero-order chi connectivity index (χ0) is 13.0. The first-order valence-electron chi connectivity index (χ1n) is 6.99. The molecule has 3 nitrogen and oxygen atoms in total. The standard InChI is InChI=1S/C14H24O3S/c1-3-12(16-2)13(15)11-4-7-17-14(10-11)5-8-18-9-6-14/h11-12H,3-10H2,1-2H3. The Labute approximate surface area is 114 Å². The molecule has 4 heteroatoms. The Kier molecular flexibility index (Phi) is 5.10. The summed E-state index contributed by atoms with van der Waals surface area (Å²) in [6.45, 7) is 2.75. The van der Waals surface area contributed by atoms with Crippen molar-refractivity contribution in [1.29, 1.82) is 0 Å². The lowest BCUT2D eigenvalue weighted by molar-refractivity contribution is -0.147. The van der Waals surface area contributed by atoms with Crippen LogP contribution in [-0.4, -0.2) is 42.7 Å². The predicted molar refractivity (Wildman–Crippen MR) is 74.1 cm³/mol. The van der Waals surface area contributed by atoms with Crippen LogP contribution in [0, 0.1) is 5.92 Å². The summed E-state index contributed by atoms with van der Waals surface area (Å²) >= 11 is 2.00. The number of ketones is 1. The molecule has 104 valence electrons. The fourth-order valence-corrected chi connectivity index (χ4v) is 4.35. The van der Waals surface area contributed by atoms with Crippen molar-refractivity contribution in [1.82, 2.24) is 0 Å². The van der Waals surface area contributed by atoms with Crippen LogP contribution >= 0.6 is 11.8 Å². The van der Waals surface area contributed by atoms with Crippen LogP contribution in [0.4, 0.5) is 0 Å². The maximum atomic E-state index is 12.4. The van der Waals surface area contributed by atoms with Crippen LogP contribution in [0.15, 0.2) is 0 Å². The third-order valence-corrected chi connectivity index (χ3v) is 5.26. The van der Waals surface area contributed by atoms with E-state index >= 15 is 0 Å². The fourth-order valence-electron chi connectivity index (χ4n) is 3.11. The van der Waals surface area contributed by atoms with E-state index in [1.165, 1.54) is 11.5 Å². The number of rotatable bonds is 4. The molecule has 0 radical (unpaired) electrons. The van der Waals surface area contributed by atoms with Gasteiger partial charge in [0.05, 0.1) is 5.60 Å². The molecule has 1 spiro atoms. The van der Waals surface area contributed by atoms with E-state index in [-0.39, 0.29) is 17.6 Å². The lowest BCUT2D eigenvalue weighted by Crippen LogP contribution is -2.46. The molecule has 2 unspecified atom stereocenters. The van der Waals surface area contributed by atoms with Crippen molar-refractivity contribution in [3.8, 4) is 0 Å². The number of carbonyl (C=O) groups is 1. The zero-order valence-corrected chi connectivity index (χ0v) is 12.3. The van der Waals surface area contributed by atoms with Crippen molar-refractivity contribution in [3.63, 3.8) is 0 Å². The molecule has 2 heterocycles. The number of thioether (sulfide) groups is 1. The van der Waals surface area contributed by atoms with Gasteiger partial charge in [0.15, 0.2) is 5.78 Å². The molecule has 0 aromatic rings. The second-order valence-electron chi connectivity index (χ2n) is 5.37. The topological polar surface area (TPSA) is 35.5 Å². The van der Waals surface area contributed by atoms with E-state index in [1.54, 1.807) is 7.11 Å². The number of hydrogen-bond donors (Lipinski definition) is 0. The third-order valence-electron chi connectivity index (χ3n) is 4.27. The smallest absolute Gasteiger partial charge is 0.164 e. The normalized spacial score (nSPS) is 29.1. The molecule has 2 fully saturated rings. The second kappa shape index (κ2) is 6.40. The highest BCUT2D eigenvalue weighted by molar-refractivity contribution is 7.99. The van der Waals surface area contributed by atoms with Crippen molar-refractivity contribution in [2.45, 2.75) is 50.7 Å². The summed E-state index contributed by atoms with van der Waals surface area (Å²) in [4.78, 5) is 12.4. The van der Waals surface area contributed by atoms with Crippen LogP contribution in [0.5, 0.6) is 0 Å². The highest BCUT2D eigenvalue weighted by atomic mass is 32.2. The molecule has 2 rings (SSSR count). The summed E-state index contributed by atoms with van der Waals surface area (Å²) in [6.07, 6.45) is 4.54. The number of methoxy groups -OCH3 is 1. The lowest BCUT2D eigenvalue weighted by atomic mass is 9.79. The van der Waals surface area contributed by atoms with Gasteiger partial charge in [-0.1, -0.05) is 6.92 Å². The molecule has 2 aliphatic heterocycles. The van der Waals surface area contributed by atoms with Gasteiger partial charge < -0.3 is 9.47 Å². The molecule has 0 aromatic heterocycles. The van der Waals surface area contributed by atoms with Gasteiger partial charge in [-0.25, -0.2) is 0 Å². The van der Waals surface area contributed by atoms with Crippen LogP contribution in [0.25, 0.3) is 0 Å². The van der Waals surface area contributed by atoms with Crippen molar-refractivity contribution in [3.05, 3.63) is 0 Å². The second-order valence-corrected chi connectivity index (χ2v) is 6.59. The van der Waals surface area contributed by atoms with Crippen molar-refractivity contribution in [2.75, 3.05) is 25.2 Å². The molecule has 0 N–H and O–H groups in total. The average Bonchev–Trinajstić information content (AvgIpc) is 2.41. The summed E-state index contributed by atoms with van der Waals surface area (Å²) in [5.74, 6) is 2.78. The Morgan fingerprint density at radius 3 is 2.83 bits per heavy atom. The van der Waals surface area contributed by atoms with E-state index in [4.69, 9.17) is 9.47 Å². The minimum absolute atomic E-state index is 0.00411. The van der Waals surface area contributed by atoms with Crippen molar-refractivity contribution in [2.24, 2.45) is 5.92 Å². The van der Waals surface area contributed by atoms with Crippen LogP contribution in [0.1, 0.15) is 39.0 Å². The van der Waals surface area contributed by atoms with Gasteiger partial charge in [0, 0.05) is 19.6 Å². The molecular weight excluding hydrogens is 248 g/mol. The molecule has 0 aliphatic carbocycles. The van der Waals surface area contributed by atoms with E-state index in [1.807, 2.05) is 18.7 Å². The Morgan fingerprint density at radius 2 is 2.22 bits per heavy atom. The van der Waals surface area contributed by atoms with Gasteiger partial charge in [0.2, 0.25) is 0 Å². The average molecular weight is 272 g/mol. The van der Waals surface area contributed by atoms with E-state index in [2.05, 4.69) is 0 Å². The molecule has 2 saturated heterocycles. The first-order valence-corrected chi connectivity index (χ1v) is 8.14. The summed E-state index contributed by atoms with van der Waals surface area (Å²) in [6, 6.07) is 0. The third kappa shape index (κ3) is 3.09. The number of ether oxygens (including phenoxy) is 2. The maximum Gasteiger partial charge on any atom is 0.164 e.